The summed E-state index contributed by atoms with van der Waals surface area (Å²) in [6.07, 6.45) is 2.23. The summed E-state index contributed by atoms with van der Waals surface area (Å²) in [5, 5.41) is 0. The quantitative estimate of drug-likeness (QED) is 0.805. The number of hydrogen-bond acceptors (Lipinski definition) is 2. The molecule has 24 heavy (non-hydrogen) atoms. The molecule has 128 valence electrons. The minimum absolute atomic E-state index is 0.128. The van der Waals surface area contributed by atoms with Crippen LogP contribution in [0, 0.1) is 6.92 Å². The lowest BCUT2D eigenvalue weighted by atomic mass is 10.1. The Morgan fingerprint density at radius 3 is 2.33 bits per heavy atom. The van der Waals surface area contributed by atoms with Crippen LogP contribution in [0.3, 0.4) is 0 Å². The highest BCUT2D eigenvalue weighted by Gasteiger charge is 2.19. The van der Waals surface area contributed by atoms with Crippen LogP contribution in [0.25, 0.3) is 0 Å². The first-order valence-electron chi connectivity index (χ1n) is 8.80. The third-order valence-corrected chi connectivity index (χ3v) is 3.98. The summed E-state index contributed by atoms with van der Waals surface area (Å²) in [5.41, 5.74) is 3.12. The van der Waals surface area contributed by atoms with Gasteiger partial charge in [0, 0.05) is 18.7 Å². The average Bonchev–Trinajstić information content (AvgIpc) is 3.16. The molecule has 1 fully saturated rings. The predicted molar refractivity (Wildman–Crippen MR) is 98.4 cm³/mol. The molecule has 0 aliphatic carbocycles. The fraction of sp³-hybridized carbons (Fsp3) is 0.381. The first kappa shape index (κ1) is 18.1. The summed E-state index contributed by atoms with van der Waals surface area (Å²) in [6, 6.07) is 15.7. The number of carbonyl (C=O) groups excluding carboxylic acids is 1. The van der Waals surface area contributed by atoms with Gasteiger partial charge in [0.2, 0.25) is 0 Å². The maximum atomic E-state index is 12.3. The molecule has 2 aromatic rings. The number of amides is 1. The second kappa shape index (κ2) is 9.11. The van der Waals surface area contributed by atoms with E-state index in [-0.39, 0.29) is 5.91 Å². The van der Waals surface area contributed by atoms with E-state index in [1.54, 1.807) is 0 Å². The van der Waals surface area contributed by atoms with Gasteiger partial charge in [-0.05, 0) is 49.6 Å². The van der Waals surface area contributed by atoms with Crippen LogP contribution >= 0.6 is 0 Å². The van der Waals surface area contributed by atoms with Crippen LogP contribution in [-0.2, 0) is 6.61 Å². The minimum atomic E-state index is 0.128. The van der Waals surface area contributed by atoms with Crippen LogP contribution in [0.5, 0.6) is 5.75 Å². The predicted octanol–water partition coefficient (Wildman–Crippen LogP) is 4.84. The minimum Gasteiger partial charge on any atom is -0.489 e. The molecule has 3 rings (SSSR count). The second-order valence-electron chi connectivity index (χ2n) is 5.80. The van der Waals surface area contributed by atoms with Crippen molar-refractivity contribution >= 4 is 5.91 Å². The van der Waals surface area contributed by atoms with Crippen molar-refractivity contribution in [3.63, 3.8) is 0 Å². The van der Waals surface area contributed by atoms with Crippen molar-refractivity contribution in [2.24, 2.45) is 0 Å². The van der Waals surface area contributed by atoms with Crippen molar-refractivity contribution in [1.29, 1.82) is 0 Å². The number of benzene rings is 2. The molecule has 2 aromatic carbocycles. The number of aryl methyl sites for hydroxylation is 1. The fourth-order valence-corrected chi connectivity index (χ4v) is 2.77. The SMILES string of the molecule is CC.Cc1cccc(COc2ccc(C(=O)N3CCCC3)cc2)c1. The zero-order chi connectivity index (χ0) is 17.4. The molecular weight excluding hydrogens is 298 g/mol. The zero-order valence-electron chi connectivity index (χ0n) is 14.9. The third-order valence-electron chi connectivity index (χ3n) is 3.98. The van der Waals surface area contributed by atoms with E-state index in [0.29, 0.717) is 6.61 Å². The van der Waals surface area contributed by atoms with Crippen LogP contribution < -0.4 is 4.74 Å². The Morgan fingerprint density at radius 2 is 1.71 bits per heavy atom. The van der Waals surface area contributed by atoms with Gasteiger partial charge in [0.25, 0.3) is 5.91 Å². The standard InChI is InChI=1S/C19H21NO2.C2H6/c1-15-5-4-6-16(13-15)14-22-18-9-7-17(8-10-18)19(21)20-11-2-3-12-20;1-2/h4-10,13H,2-3,11-12,14H2,1H3;1-2H3. The molecule has 0 unspecified atom stereocenters. The number of likely N-dealkylation sites (tertiary alicyclic amines) is 1. The number of ether oxygens (including phenoxy) is 1. The highest BCUT2D eigenvalue weighted by Crippen LogP contribution is 2.18. The first-order chi connectivity index (χ1) is 11.7. The van der Waals surface area contributed by atoms with Gasteiger partial charge < -0.3 is 9.64 Å². The van der Waals surface area contributed by atoms with E-state index in [1.807, 2.05) is 49.1 Å². The van der Waals surface area contributed by atoms with Gasteiger partial charge in [-0.15, -0.1) is 0 Å². The molecule has 1 heterocycles. The smallest absolute Gasteiger partial charge is 0.253 e. The number of rotatable bonds is 4. The summed E-state index contributed by atoms with van der Waals surface area (Å²) in [7, 11) is 0. The molecule has 0 bridgehead atoms. The van der Waals surface area contributed by atoms with Gasteiger partial charge in [-0.25, -0.2) is 0 Å². The molecule has 0 aromatic heterocycles. The van der Waals surface area contributed by atoms with E-state index in [9.17, 15) is 4.79 Å². The third kappa shape index (κ3) is 4.85. The number of nitrogens with zero attached hydrogens (tertiary/aromatic N) is 1. The van der Waals surface area contributed by atoms with Gasteiger partial charge in [-0.3, -0.25) is 4.79 Å². The van der Waals surface area contributed by atoms with Crippen molar-refractivity contribution in [2.75, 3.05) is 13.1 Å². The van der Waals surface area contributed by atoms with Crippen LogP contribution in [0.15, 0.2) is 48.5 Å². The molecule has 3 nitrogen and oxygen atoms in total. The van der Waals surface area contributed by atoms with Gasteiger partial charge in [-0.2, -0.15) is 0 Å². The fourth-order valence-electron chi connectivity index (χ4n) is 2.77. The Kier molecular flexibility index (Phi) is 6.86. The van der Waals surface area contributed by atoms with Crippen molar-refractivity contribution in [3.05, 3.63) is 65.2 Å². The molecule has 0 radical (unpaired) electrons. The Balaban J connectivity index is 0.00000100. The van der Waals surface area contributed by atoms with Crippen LogP contribution in [0.4, 0.5) is 0 Å². The highest BCUT2D eigenvalue weighted by atomic mass is 16.5. The second-order valence-corrected chi connectivity index (χ2v) is 5.80. The maximum absolute atomic E-state index is 12.3. The Morgan fingerprint density at radius 1 is 1.04 bits per heavy atom. The lowest BCUT2D eigenvalue weighted by molar-refractivity contribution is 0.0793. The normalized spacial score (nSPS) is 13.2. The molecule has 0 spiro atoms. The van der Waals surface area contributed by atoms with Crippen molar-refractivity contribution in [2.45, 2.75) is 40.2 Å². The Hall–Kier alpha value is -2.29. The van der Waals surface area contributed by atoms with Gasteiger partial charge in [0.1, 0.15) is 12.4 Å². The Labute approximate surface area is 145 Å². The summed E-state index contributed by atoms with van der Waals surface area (Å²) in [6.45, 7) is 8.37. The zero-order valence-corrected chi connectivity index (χ0v) is 14.9. The van der Waals surface area contributed by atoms with E-state index < -0.39 is 0 Å². The van der Waals surface area contributed by atoms with E-state index in [0.717, 1.165) is 42.8 Å². The molecule has 1 saturated heterocycles. The highest BCUT2D eigenvalue weighted by molar-refractivity contribution is 5.94. The maximum Gasteiger partial charge on any atom is 0.253 e. The van der Waals surface area contributed by atoms with Crippen molar-refractivity contribution in [3.8, 4) is 5.75 Å². The summed E-state index contributed by atoms with van der Waals surface area (Å²) >= 11 is 0. The van der Waals surface area contributed by atoms with Gasteiger partial charge in [-0.1, -0.05) is 43.7 Å². The molecule has 0 atom stereocenters. The van der Waals surface area contributed by atoms with Crippen LogP contribution in [0.2, 0.25) is 0 Å². The molecule has 0 saturated carbocycles. The number of hydrogen-bond donors (Lipinski definition) is 0. The first-order valence-corrected chi connectivity index (χ1v) is 8.80. The van der Waals surface area contributed by atoms with E-state index >= 15 is 0 Å². The lowest BCUT2D eigenvalue weighted by Gasteiger charge is -2.15. The molecule has 3 heteroatoms. The number of carbonyl (C=O) groups is 1. The van der Waals surface area contributed by atoms with Crippen molar-refractivity contribution in [1.82, 2.24) is 4.90 Å². The monoisotopic (exact) mass is 325 g/mol. The molecule has 1 aliphatic heterocycles. The van der Waals surface area contributed by atoms with E-state index in [2.05, 4.69) is 25.1 Å². The van der Waals surface area contributed by atoms with Gasteiger partial charge in [0.05, 0.1) is 0 Å². The summed E-state index contributed by atoms with van der Waals surface area (Å²) < 4.78 is 5.78. The molecule has 0 N–H and O–H groups in total. The van der Waals surface area contributed by atoms with Gasteiger partial charge >= 0.3 is 0 Å². The Bertz CT molecular complexity index is 643. The van der Waals surface area contributed by atoms with Crippen LogP contribution in [-0.4, -0.2) is 23.9 Å². The summed E-state index contributed by atoms with van der Waals surface area (Å²) in [4.78, 5) is 14.2. The topological polar surface area (TPSA) is 29.5 Å². The van der Waals surface area contributed by atoms with E-state index in [1.165, 1.54) is 5.56 Å². The average molecular weight is 325 g/mol. The summed E-state index contributed by atoms with van der Waals surface area (Å²) in [5.74, 6) is 0.919. The molecular formula is C21H27NO2. The lowest BCUT2D eigenvalue weighted by Crippen LogP contribution is -2.27. The van der Waals surface area contributed by atoms with Crippen LogP contribution in [0.1, 0.15) is 48.2 Å². The van der Waals surface area contributed by atoms with Gasteiger partial charge in [0.15, 0.2) is 0 Å². The van der Waals surface area contributed by atoms with Crippen molar-refractivity contribution < 1.29 is 9.53 Å². The van der Waals surface area contributed by atoms with E-state index in [4.69, 9.17) is 4.74 Å². The molecule has 1 amide bonds. The largest absolute Gasteiger partial charge is 0.489 e. The molecule has 1 aliphatic rings.